The van der Waals surface area contributed by atoms with Crippen molar-refractivity contribution >= 4 is 11.7 Å². The first kappa shape index (κ1) is 16.0. The second-order valence-corrected chi connectivity index (χ2v) is 4.84. The van der Waals surface area contributed by atoms with Crippen molar-refractivity contribution in [2.75, 3.05) is 13.6 Å². The molecule has 1 atom stereocenters. The van der Waals surface area contributed by atoms with E-state index < -0.39 is 5.92 Å². The van der Waals surface area contributed by atoms with Crippen molar-refractivity contribution in [2.24, 2.45) is 10.9 Å². The molecule has 1 rings (SSSR count). The summed E-state index contributed by atoms with van der Waals surface area (Å²) in [6.45, 7) is 2.79. The lowest BCUT2D eigenvalue weighted by atomic mass is 9.96. The molecular formula is C15H23N3O2. The van der Waals surface area contributed by atoms with E-state index in [0.29, 0.717) is 6.54 Å². The van der Waals surface area contributed by atoms with Crippen molar-refractivity contribution in [1.82, 2.24) is 4.90 Å². The van der Waals surface area contributed by atoms with E-state index in [1.165, 1.54) is 0 Å². The number of likely N-dealkylation sites (N-methyl/N-ethyl adjacent to an activating group) is 1. The third-order valence-corrected chi connectivity index (χ3v) is 3.26. The molecule has 0 spiro atoms. The van der Waals surface area contributed by atoms with E-state index in [4.69, 9.17) is 10.9 Å². The predicted molar refractivity (Wildman–Crippen MR) is 79.8 cm³/mol. The van der Waals surface area contributed by atoms with E-state index in [0.717, 1.165) is 24.8 Å². The van der Waals surface area contributed by atoms with Crippen LogP contribution in [0.1, 0.15) is 37.7 Å². The number of hydrogen-bond acceptors (Lipinski definition) is 3. The minimum atomic E-state index is -0.729. The Kier molecular flexibility index (Phi) is 6.56. The highest BCUT2D eigenvalue weighted by Gasteiger charge is 2.27. The third-order valence-electron chi connectivity index (χ3n) is 3.26. The minimum Gasteiger partial charge on any atom is -0.409 e. The monoisotopic (exact) mass is 277 g/mol. The molecule has 0 aromatic heterocycles. The maximum Gasteiger partial charge on any atom is 0.237 e. The van der Waals surface area contributed by atoms with Crippen LogP contribution in [0.2, 0.25) is 0 Å². The highest BCUT2D eigenvalue weighted by atomic mass is 16.4. The van der Waals surface area contributed by atoms with Crippen LogP contribution in [0.4, 0.5) is 0 Å². The van der Waals surface area contributed by atoms with Gasteiger partial charge >= 0.3 is 0 Å². The van der Waals surface area contributed by atoms with Gasteiger partial charge in [-0.1, -0.05) is 55.3 Å². The number of benzene rings is 1. The van der Waals surface area contributed by atoms with Gasteiger partial charge in [0.1, 0.15) is 5.92 Å². The first-order valence-electron chi connectivity index (χ1n) is 6.89. The van der Waals surface area contributed by atoms with Crippen LogP contribution >= 0.6 is 0 Å². The number of carbonyl (C=O) groups excluding carboxylic acids is 1. The molecule has 5 heteroatoms. The number of oxime groups is 1. The maximum atomic E-state index is 12.5. The molecule has 1 aromatic rings. The van der Waals surface area contributed by atoms with Gasteiger partial charge in [-0.05, 0) is 12.0 Å². The van der Waals surface area contributed by atoms with Gasteiger partial charge < -0.3 is 15.8 Å². The Balaban J connectivity index is 2.86. The zero-order valence-corrected chi connectivity index (χ0v) is 12.1. The summed E-state index contributed by atoms with van der Waals surface area (Å²) in [5.74, 6) is -0.959. The number of carbonyl (C=O) groups is 1. The third kappa shape index (κ3) is 4.26. The van der Waals surface area contributed by atoms with Gasteiger partial charge in [0.05, 0.1) is 0 Å². The normalized spacial score (nSPS) is 13.0. The van der Waals surface area contributed by atoms with Gasteiger partial charge in [0.25, 0.3) is 0 Å². The maximum absolute atomic E-state index is 12.5. The van der Waals surface area contributed by atoms with Crippen molar-refractivity contribution in [3.8, 4) is 0 Å². The quantitative estimate of drug-likeness (QED) is 0.263. The van der Waals surface area contributed by atoms with E-state index >= 15 is 0 Å². The molecule has 0 saturated heterocycles. The van der Waals surface area contributed by atoms with E-state index in [1.807, 2.05) is 18.2 Å². The van der Waals surface area contributed by atoms with Gasteiger partial charge in [-0.25, -0.2) is 0 Å². The van der Waals surface area contributed by atoms with Crippen LogP contribution in [-0.2, 0) is 4.79 Å². The lowest BCUT2D eigenvalue weighted by molar-refractivity contribution is -0.130. The van der Waals surface area contributed by atoms with Gasteiger partial charge in [0.2, 0.25) is 5.91 Å². The van der Waals surface area contributed by atoms with Crippen LogP contribution < -0.4 is 5.73 Å². The highest BCUT2D eigenvalue weighted by molar-refractivity contribution is 6.07. The molecule has 0 aliphatic heterocycles. The molecule has 0 heterocycles. The lowest BCUT2D eigenvalue weighted by Gasteiger charge is -2.23. The van der Waals surface area contributed by atoms with Gasteiger partial charge in [-0.3, -0.25) is 4.79 Å². The highest BCUT2D eigenvalue weighted by Crippen LogP contribution is 2.18. The van der Waals surface area contributed by atoms with Crippen LogP contribution in [0, 0.1) is 0 Å². The number of amidine groups is 1. The molecule has 3 N–H and O–H groups in total. The zero-order chi connectivity index (χ0) is 15.0. The smallest absolute Gasteiger partial charge is 0.237 e. The Labute approximate surface area is 120 Å². The SMILES string of the molecule is CCCCCN(C)C(=O)C(C(N)=NO)c1ccccc1. The molecule has 1 aromatic carbocycles. The number of amides is 1. The van der Waals surface area contributed by atoms with Crippen LogP contribution in [0.25, 0.3) is 0 Å². The molecule has 0 bridgehead atoms. The van der Waals surface area contributed by atoms with Crippen LogP contribution in [0.5, 0.6) is 0 Å². The molecule has 0 fully saturated rings. The summed E-state index contributed by atoms with van der Waals surface area (Å²) in [6.07, 6.45) is 3.14. The summed E-state index contributed by atoms with van der Waals surface area (Å²) >= 11 is 0. The predicted octanol–water partition coefficient (Wildman–Crippen LogP) is 2.17. The Morgan fingerprint density at radius 3 is 2.55 bits per heavy atom. The van der Waals surface area contributed by atoms with Crippen molar-refractivity contribution < 1.29 is 10.0 Å². The molecule has 5 nitrogen and oxygen atoms in total. The van der Waals surface area contributed by atoms with Crippen LogP contribution in [0.15, 0.2) is 35.5 Å². The Morgan fingerprint density at radius 2 is 2.00 bits per heavy atom. The Bertz CT molecular complexity index is 446. The summed E-state index contributed by atoms with van der Waals surface area (Å²) < 4.78 is 0. The second-order valence-electron chi connectivity index (χ2n) is 4.84. The van der Waals surface area contributed by atoms with E-state index in [9.17, 15) is 4.79 Å². The van der Waals surface area contributed by atoms with Gasteiger partial charge in [0.15, 0.2) is 5.84 Å². The molecule has 20 heavy (non-hydrogen) atoms. The molecule has 0 aliphatic rings. The topological polar surface area (TPSA) is 78.9 Å². The van der Waals surface area contributed by atoms with Crippen molar-refractivity contribution in [3.05, 3.63) is 35.9 Å². The molecule has 1 unspecified atom stereocenters. The Hall–Kier alpha value is -2.04. The fraction of sp³-hybridized carbons (Fsp3) is 0.467. The molecule has 110 valence electrons. The van der Waals surface area contributed by atoms with Gasteiger partial charge in [-0.15, -0.1) is 0 Å². The van der Waals surface area contributed by atoms with Crippen LogP contribution in [0.3, 0.4) is 0 Å². The molecule has 0 radical (unpaired) electrons. The standard InChI is InChI=1S/C15H23N3O2/c1-3-4-8-11-18(2)15(19)13(14(16)17-20)12-9-6-5-7-10-12/h5-7,9-10,13,20H,3-4,8,11H2,1-2H3,(H2,16,17). The fourth-order valence-corrected chi connectivity index (χ4v) is 2.07. The van der Waals surface area contributed by atoms with Crippen molar-refractivity contribution in [3.63, 3.8) is 0 Å². The molecule has 0 saturated carbocycles. The molecule has 0 aliphatic carbocycles. The lowest BCUT2D eigenvalue weighted by Crippen LogP contribution is -2.39. The summed E-state index contributed by atoms with van der Waals surface area (Å²) in [7, 11) is 1.75. The van der Waals surface area contributed by atoms with Crippen molar-refractivity contribution in [2.45, 2.75) is 32.1 Å². The number of nitrogens with zero attached hydrogens (tertiary/aromatic N) is 2. The van der Waals surface area contributed by atoms with E-state index in [1.54, 1.807) is 24.1 Å². The summed E-state index contributed by atoms with van der Waals surface area (Å²) in [6, 6.07) is 9.14. The summed E-state index contributed by atoms with van der Waals surface area (Å²) in [5.41, 5.74) is 6.43. The summed E-state index contributed by atoms with van der Waals surface area (Å²) in [5, 5.41) is 11.9. The van der Waals surface area contributed by atoms with Gasteiger partial charge in [-0.2, -0.15) is 0 Å². The first-order valence-corrected chi connectivity index (χ1v) is 6.89. The average molecular weight is 277 g/mol. The minimum absolute atomic E-state index is 0.0801. The molecule has 1 amide bonds. The second kappa shape index (κ2) is 8.19. The fourth-order valence-electron chi connectivity index (χ4n) is 2.07. The number of rotatable bonds is 7. The number of hydrogen-bond donors (Lipinski definition) is 2. The van der Waals surface area contributed by atoms with Crippen LogP contribution in [-0.4, -0.2) is 35.4 Å². The van der Waals surface area contributed by atoms with E-state index in [-0.39, 0.29) is 11.7 Å². The van der Waals surface area contributed by atoms with Gasteiger partial charge in [0, 0.05) is 13.6 Å². The molecular weight excluding hydrogens is 254 g/mol. The van der Waals surface area contributed by atoms with E-state index in [2.05, 4.69) is 12.1 Å². The Morgan fingerprint density at radius 1 is 1.35 bits per heavy atom. The number of unbranched alkanes of at least 4 members (excludes halogenated alkanes) is 2. The van der Waals surface area contributed by atoms with Crippen molar-refractivity contribution in [1.29, 1.82) is 0 Å². The summed E-state index contributed by atoms with van der Waals surface area (Å²) in [4.78, 5) is 14.1. The largest absolute Gasteiger partial charge is 0.409 e. The number of nitrogens with two attached hydrogens (primary N) is 1. The zero-order valence-electron chi connectivity index (χ0n) is 12.1. The first-order chi connectivity index (χ1) is 9.61. The average Bonchev–Trinajstić information content (AvgIpc) is 2.48.